The van der Waals surface area contributed by atoms with Crippen LogP contribution >= 0.6 is 12.4 Å². The quantitative estimate of drug-likeness (QED) is 0.510. The fourth-order valence-corrected chi connectivity index (χ4v) is 2.34. The van der Waals surface area contributed by atoms with E-state index in [2.05, 4.69) is 20.8 Å². The predicted octanol–water partition coefficient (Wildman–Crippen LogP) is 1.97. The van der Waals surface area contributed by atoms with Crippen LogP contribution in [-0.2, 0) is 11.3 Å². The average molecular weight is 392 g/mol. The Kier molecular flexibility index (Phi) is 8.66. The number of tetrazole rings is 1. The number of ether oxygens (including phenoxy) is 2. The van der Waals surface area contributed by atoms with E-state index in [9.17, 15) is 0 Å². The van der Waals surface area contributed by atoms with Crippen LogP contribution in [0.5, 0.6) is 11.8 Å². The Morgan fingerprint density at radius 2 is 1.89 bits per heavy atom. The molecule has 0 amide bonds. The summed E-state index contributed by atoms with van der Waals surface area (Å²) < 4.78 is 12.6. The standard InChI is InChI=1S/C18H21N5O3.ClH/c24-10-12-25-11-9-19-14-15-5-4-8-17(13-15)26-18-20-21-22-23(18)16-6-2-1-3-7-16;/h1-8,13,19,24H,9-12,14H2;1H. The lowest BCUT2D eigenvalue weighted by Crippen LogP contribution is -2.20. The average Bonchev–Trinajstić information content (AvgIpc) is 3.14. The molecule has 1 aromatic heterocycles. The van der Waals surface area contributed by atoms with Crippen LogP contribution in [0.1, 0.15) is 5.56 Å². The van der Waals surface area contributed by atoms with Crippen molar-refractivity contribution in [1.82, 2.24) is 25.5 Å². The normalized spacial score (nSPS) is 10.4. The molecule has 0 aliphatic carbocycles. The molecule has 0 aliphatic heterocycles. The van der Waals surface area contributed by atoms with E-state index in [0.717, 1.165) is 11.3 Å². The number of para-hydroxylation sites is 1. The molecule has 2 aromatic carbocycles. The minimum absolute atomic E-state index is 0. The van der Waals surface area contributed by atoms with Gasteiger partial charge in [-0.25, -0.2) is 0 Å². The number of halogens is 1. The van der Waals surface area contributed by atoms with Gasteiger partial charge < -0.3 is 19.9 Å². The van der Waals surface area contributed by atoms with E-state index in [1.54, 1.807) is 4.68 Å². The molecule has 0 bridgehead atoms. The lowest BCUT2D eigenvalue weighted by Gasteiger charge is -2.09. The van der Waals surface area contributed by atoms with Gasteiger partial charge in [-0.05, 0) is 40.3 Å². The molecule has 0 atom stereocenters. The second kappa shape index (κ2) is 11.2. The fourth-order valence-electron chi connectivity index (χ4n) is 2.34. The Bertz CT molecular complexity index is 800. The molecule has 3 rings (SSSR count). The molecule has 0 unspecified atom stereocenters. The van der Waals surface area contributed by atoms with Crippen LogP contribution in [0.4, 0.5) is 0 Å². The zero-order chi connectivity index (χ0) is 18.0. The van der Waals surface area contributed by atoms with Gasteiger partial charge in [0.1, 0.15) is 5.75 Å². The maximum absolute atomic E-state index is 8.65. The summed E-state index contributed by atoms with van der Waals surface area (Å²) in [6.07, 6.45) is 0. The van der Waals surface area contributed by atoms with Gasteiger partial charge in [0.05, 0.1) is 25.5 Å². The van der Waals surface area contributed by atoms with Crippen LogP contribution in [0.2, 0.25) is 0 Å². The van der Waals surface area contributed by atoms with Crippen LogP contribution in [0.15, 0.2) is 54.6 Å². The third-order valence-electron chi connectivity index (χ3n) is 3.54. The highest BCUT2D eigenvalue weighted by molar-refractivity contribution is 5.85. The summed E-state index contributed by atoms with van der Waals surface area (Å²) in [7, 11) is 0. The first-order chi connectivity index (χ1) is 12.9. The molecule has 0 spiro atoms. The van der Waals surface area contributed by atoms with Crippen molar-refractivity contribution in [2.75, 3.05) is 26.4 Å². The summed E-state index contributed by atoms with van der Waals surface area (Å²) >= 11 is 0. The Morgan fingerprint density at radius 3 is 2.70 bits per heavy atom. The monoisotopic (exact) mass is 391 g/mol. The van der Waals surface area contributed by atoms with Crippen molar-refractivity contribution in [2.24, 2.45) is 0 Å². The summed E-state index contributed by atoms with van der Waals surface area (Å²) in [5, 5.41) is 23.6. The Hall–Kier alpha value is -2.52. The molecule has 8 nitrogen and oxygen atoms in total. The van der Waals surface area contributed by atoms with Gasteiger partial charge >= 0.3 is 6.01 Å². The second-order valence-electron chi connectivity index (χ2n) is 5.47. The largest absolute Gasteiger partial charge is 0.423 e. The SMILES string of the molecule is Cl.OCCOCCNCc1cccc(Oc2nnnn2-c2ccccc2)c1. The number of benzene rings is 2. The first-order valence-corrected chi connectivity index (χ1v) is 8.37. The molecule has 9 heteroatoms. The van der Waals surface area contributed by atoms with Gasteiger partial charge in [0.25, 0.3) is 0 Å². The van der Waals surface area contributed by atoms with E-state index in [1.165, 1.54) is 0 Å². The zero-order valence-electron chi connectivity index (χ0n) is 14.7. The van der Waals surface area contributed by atoms with Gasteiger partial charge in [-0.1, -0.05) is 35.4 Å². The van der Waals surface area contributed by atoms with Crippen molar-refractivity contribution in [3.8, 4) is 17.4 Å². The van der Waals surface area contributed by atoms with Crippen LogP contribution in [0, 0.1) is 0 Å². The number of nitrogens with zero attached hydrogens (tertiary/aromatic N) is 4. The van der Waals surface area contributed by atoms with Crippen LogP contribution < -0.4 is 10.1 Å². The van der Waals surface area contributed by atoms with E-state index in [4.69, 9.17) is 14.6 Å². The highest BCUT2D eigenvalue weighted by Gasteiger charge is 2.10. The van der Waals surface area contributed by atoms with Crippen molar-refractivity contribution in [3.05, 3.63) is 60.2 Å². The van der Waals surface area contributed by atoms with Crippen molar-refractivity contribution >= 4 is 12.4 Å². The molecule has 0 aliphatic rings. The van der Waals surface area contributed by atoms with Crippen LogP contribution in [0.3, 0.4) is 0 Å². The maximum atomic E-state index is 8.65. The Balaban J connectivity index is 0.00000261. The molecule has 3 aromatic rings. The molecule has 0 fully saturated rings. The third-order valence-corrected chi connectivity index (χ3v) is 3.54. The van der Waals surface area contributed by atoms with Crippen LogP contribution in [-0.4, -0.2) is 51.7 Å². The minimum Gasteiger partial charge on any atom is -0.423 e. The van der Waals surface area contributed by atoms with E-state index < -0.39 is 0 Å². The van der Waals surface area contributed by atoms with Gasteiger partial charge in [0, 0.05) is 13.1 Å². The highest BCUT2D eigenvalue weighted by atomic mass is 35.5. The van der Waals surface area contributed by atoms with E-state index in [1.807, 2.05) is 54.6 Å². The van der Waals surface area contributed by atoms with Crippen molar-refractivity contribution in [1.29, 1.82) is 0 Å². The van der Waals surface area contributed by atoms with E-state index in [-0.39, 0.29) is 19.0 Å². The van der Waals surface area contributed by atoms with E-state index in [0.29, 0.717) is 38.1 Å². The summed E-state index contributed by atoms with van der Waals surface area (Å²) in [6, 6.07) is 17.6. The second-order valence-corrected chi connectivity index (χ2v) is 5.47. The first-order valence-electron chi connectivity index (χ1n) is 8.37. The Labute approximate surface area is 163 Å². The smallest absolute Gasteiger partial charge is 0.345 e. The molecule has 0 saturated heterocycles. The fraction of sp³-hybridized carbons (Fsp3) is 0.278. The molecule has 1 heterocycles. The number of aliphatic hydroxyl groups excluding tert-OH is 1. The maximum Gasteiger partial charge on any atom is 0.345 e. The van der Waals surface area contributed by atoms with Gasteiger partial charge in [-0.2, -0.15) is 4.68 Å². The topological polar surface area (TPSA) is 94.3 Å². The molecular weight excluding hydrogens is 370 g/mol. The van der Waals surface area contributed by atoms with Crippen molar-refractivity contribution in [2.45, 2.75) is 6.54 Å². The number of aromatic nitrogens is 4. The summed E-state index contributed by atoms with van der Waals surface area (Å²) in [5.74, 6) is 0.660. The number of nitrogens with one attached hydrogen (secondary N) is 1. The van der Waals surface area contributed by atoms with Gasteiger partial charge in [-0.3, -0.25) is 0 Å². The molecule has 2 N–H and O–H groups in total. The minimum atomic E-state index is 0. The summed E-state index contributed by atoms with van der Waals surface area (Å²) in [4.78, 5) is 0. The predicted molar refractivity (Wildman–Crippen MR) is 103 cm³/mol. The van der Waals surface area contributed by atoms with Gasteiger partial charge in [-0.15, -0.1) is 12.4 Å². The number of rotatable bonds is 10. The van der Waals surface area contributed by atoms with E-state index >= 15 is 0 Å². The number of hydrogen-bond donors (Lipinski definition) is 2. The first kappa shape index (κ1) is 20.8. The molecule has 27 heavy (non-hydrogen) atoms. The van der Waals surface area contributed by atoms with Crippen molar-refractivity contribution in [3.63, 3.8) is 0 Å². The molecular formula is C18H22ClN5O3. The number of hydrogen-bond acceptors (Lipinski definition) is 7. The lowest BCUT2D eigenvalue weighted by atomic mass is 10.2. The third kappa shape index (κ3) is 6.30. The molecule has 0 radical (unpaired) electrons. The molecule has 0 saturated carbocycles. The zero-order valence-corrected chi connectivity index (χ0v) is 15.5. The van der Waals surface area contributed by atoms with Gasteiger partial charge in [0.15, 0.2) is 0 Å². The summed E-state index contributed by atoms with van der Waals surface area (Å²) in [6.45, 7) is 2.35. The summed E-state index contributed by atoms with van der Waals surface area (Å²) in [5.41, 5.74) is 1.90. The number of aliphatic hydroxyl groups is 1. The van der Waals surface area contributed by atoms with Crippen LogP contribution in [0.25, 0.3) is 5.69 Å². The molecule has 144 valence electrons. The Morgan fingerprint density at radius 1 is 1.04 bits per heavy atom. The lowest BCUT2D eigenvalue weighted by molar-refractivity contribution is 0.0938. The highest BCUT2D eigenvalue weighted by Crippen LogP contribution is 2.21. The van der Waals surface area contributed by atoms with Gasteiger partial charge in [0.2, 0.25) is 0 Å². The van der Waals surface area contributed by atoms with Crippen molar-refractivity contribution < 1.29 is 14.6 Å².